The van der Waals surface area contributed by atoms with Crippen molar-refractivity contribution in [2.75, 3.05) is 19.6 Å². The molecule has 0 bridgehead atoms. The molecule has 1 aromatic rings. The summed E-state index contributed by atoms with van der Waals surface area (Å²) in [5.74, 6) is -0.124. The quantitative estimate of drug-likeness (QED) is 0.875. The Morgan fingerprint density at radius 3 is 3.00 bits per heavy atom. The number of amides is 2. The fraction of sp³-hybridized carbons (Fsp3) is 0.615. The van der Waals surface area contributed by atoms with Crippen molar-refractivity contribution in [2.45, 2.75) is 26.7 Å². The van der Waals surface area contributed by atoms with Gasteiger partial charge in [-0.15, -0.1) is 11.3 Å². The van der Waals surface area contributed by atoms with Crippen LogP contribution in [0.3, 0.4) is 0 Å². The predicted octanol–water partition coefficient (Wildman–Crippen LogP) is 0.979. The van der Waals surface area contributed by atoms with Gasteiger partial charge in [0.2, 0.25) is 11.8 Å². The van der Waals surface area contributed by atoms with Crippen molar-refractivity contribution in [3.05, 3.63) is 16.1 Å². The van der Waals surface area contributed by atoms with E-state index in [1.54, 1.807) is 16.2 Å². The zero-order chi connectivity index (χ0) is 13.8. The van der Waals surface area contributed by atoms with Gasteiger partial charge in [0.25, 0.3) is 0 Å². The van der Waals surface area contributed by atoms with E-state index >= 15 is 0 Å². The highest BCUT2D eigenvalue weighted by Crippen LogP contribution is 2.17. The lowest BCUT2D eigenvalue weighted by molar-refractivity contribution is -0.128. The average molecular weight is 281 g/mol. The van der Waals surface area contributed by atoms with Crippen LogP contribution in [0.25, 0.3) is 0 Å². The van der Waals surface area contributed by atoms with E-state index in [0.29, 0.717) is 26.1 Å². The topological polar surface area (TPSA) is 62.3 Å². The van der Waals surface area contributed by atoms with E-state index in [9.17, 15) is 9.59 Å². The molecule has 5 nitrogen and oxygen atoms in total. The fourth-order valence-corrected chi connectivity index (χ4v) is 2.98. The highest BCUT2D eigenvalue weighted by Gasteiger charge is 2.32. The Kier molecular flexibility index (Phi) is 4.52. The number of nitrogens with zero attached hydrogens (tertiary/aromatic N) is 2. The Morgan fingerprint density at radius 2 is 2.42 bits per heavy atom. The van der Waals surface area contributed by atoms with E-state index in [1.165, 1.54) is 0 Å². The second-order valence-electron chi connectivity index (χ2n) is 4.76. The molecule has 0 spiro atoms. The summed E-state index contributed by atoms with van der Waals surface area (Å²) in [6.45, 7) is 5.71. The van der Waals surface area contributed by atoms with Gasteiger partial charge >= 0.3 is 0 Å². The van der Waals surface area contributed by atoms with E-state index in [1.807, 2.05) is 19.2 Å². The monoisotopic (exact) mass is 281 g/mol. The van der Waals surface area contributed by atoms with Gasteiger partial charge in [-0.25, -0.2) is 4.98 Å². The number of hydrogen-bond donors (Lipinski definition) is 1. The van der Waals surface area contributed by atoms with Crippen molar-refractivity contribution >= 4 is 23.2 Å². The highest BCUT2D eigenvalue weighted by atomic mass is 32.1. The van der Waals surface area contributed by atoms with E-state index in [4.69, 9.17) is 0 Å². The number of nitrogens with one attached hydrogen (secondary N) is 1. The van der Waals surface area contributed by atoms with Crippen molar-refractivity contribution in [1.29, 1.82) is 0 Å². The Hall–Kier alpha value is -1.43. The number of rotatable bonds is 5. The molecular formula is C13H19N3O2S. The van der Waals surface area contributed by atoms with Gasteiger partial charge in [-0.2, -0.15) is 0 Å². The largest absolute Gasteiger partial charge is 0.355 e. The van der Waals surface area contributed by atoms with Crippen LogP contribution in [-0.2, 0) is 16.0 Å². The van der Waals surface area contributed by atoms with Gasteiger partial charge in [-0.1, -0.05) is 0 Å². The van der Waals surface area contributed by atoms with Crippen LogP contribution >= 0.6 is 11.3 Å². The molecule has 1 aliphatic rings. The second kappa shape index (κ2) is 6.14. The molecule has 1 N–H and O–H groups in total. The Balaban J connectivity index is 1.74. The highest BCUT2D eigenvalue weighted by molar-refractivity contribution is 7.09. The Labute approximate surface area is 117 Å². The maximum Gasteiger partial charge on any atom is 0.225 e. The molecule has 104 valence electrons. The smallest absolute Gasteiger partial charge is 0.225 e. The summed E-state index contributed by atoms with van der Waals surface area (Å²) in [5, 5.41) is 5.94. The lowest BCUT2D eigenvalue weighted by Gasteiger charge is -2.13. The van der Waals surface area contributed by atoms with Gasteiger partial charge in [0.15, 0.2) is 0 Å². The van der Waals surface area contributed by atoms with Gasteiger partial charge in [-0.05, 0) is 13.8 Å². The van der Waals surface area contributed by atoms with E-state index in [0.717, 1.165) is 17.1 Å². The summed E-state index contributed by atoms with van der Waals surface area (Å²) in [5.41, 5.74) is 1.02. The van der Waals surface area contributed by atoms with Crippen LogP contribution in [0.1, 0.15) is 24.0 Å². The third-order valence-corrected chi connectivity index (χ3v) is 4.30. The first kappa shape index (κ1) is 14.0. The lowest BCUT2D eigenvalue weighted by atomic mass is 10.1. The number of aryl methyl sites for hydroxylation is 1. The van der Waals surface area contributed by atoms with Gasteiger partial charge in [-0.3, -0.25) is 9.59 Å². The minimum absolute atomic E-state index is 0.0161. The maximum absolute atomic E-state index is 11.9. The maximum atomic E-state index is 11.9. The molecule has 19 heavy (non-hydrogen) atoms. The lowest BCUT2D eigenvalue weighted by Crippen LogP contribution is -2.34. The SMILES string of the molecule is CCN1C[C@@H](C(=O)NCCc2nc(C)cs2)CC1=O. The normalized spacial score (nSPS) is 18.9. The minimum Gasteiger partial charge on any atom is -0.355 e. The molecule has 0 radical (unpaired) electrons. The van der Waals surface area contributed by atoms with Crippen molar-refractivity contribution in [2.24, 2.45) is 5.92 Å². The number of thiazole rings is 1. The summed E-state index contributed by atoms with van der Waals surface area (Å²) in [4.78, 5) is 29.6. The standard InChI is InChI=1S/C13H19N3O2S/c1-3-16-7-10(6-12(16)17)13(18)14-5-4-11-15-9(2)8-19-11/h8,10H,3-7H2,1-2H3,(H,14,18)/t10-/m0/s1. The zero-order valence-electron chi connectivity index (χ0n) is 11.3. The van der Waals surface area contributed by atoms with E-state index in [2.05, 4.69) is 10.3 Å². The Morgan fingerprint density at radius 1 is 1.63 bits per heavy atom. The molecule has 2 heterocycles. The van der Waals surface area contributed by atoms with Crippen molar-refractivity contribution < 1.29 is 9.59 Å². The molecule has 1 fully saturated rings. The third kappa shape index (κ3) is 3.53. The molecule has 0 unspecified atom stereocenters. The van der Waals surface area contributed by atoms with Crippen LogP contribution in [0.4, 0.5) is 0 Å². The molecule has 2 amide bonds. The van der Waals surface area contributed by atoms with Crippen LogP contribution in [0.15, 0.2) is 5.38 Å². The van der Waals surface area contributed by atoms with E-state index < -0.39 is 0 Å². The summed E-state index contributed by atoms with van der Waals surface area (Å²) in [6, 6.07) is 0. The van der Waals surface area contributed by atoms with Crippen LogP contribution in [0.5, 0.6) is 0 Å². The number of likely N-dealkylation sites (tertiary alicyclic amines) is 1. The molecule has 1 aliphatic heterocycles. The number of carbonyl (C=O) groups is 2. The first-order valence-electron chi connectivity index (χ1n) is 6.56. The van der Waals surface area contributed by atoms with Gasteiger partial charge in [0, 0.05) is 43.5 Å². The number of aromatic nitrogens is 1. The summed E-state index contributed by atoms with van der Waals surface area (Å²) < 4.78 is 0. The van der Waals surface area contributed by atoms with E-state index in [-0.39, 0.29) is 17.7 Å². The van der Waals surface area contributed by atoms with Gasteiger partial charge in [0.05, 0.1) is 10.9 Å². The zero-order valence-corrected chi connectivity index (χ0v) is 12.1. The summed E-state index contributed by atoms with van der Waals surface area (Å²) in [6.07, 6.45) is 1.10. The molecule has 1 atom stereocenters. The third-order valence-electron chi connectivity index (χ3n) is 3.27. The molecule has 0 aliphatic carbocycles. The molecule has 1 saturated heterocycles. The minimum atomic E-state index is -0.189. The van der Waals surface area contributed by atoms with Crippen molar-refractivity contribution in [3.63, 3.8) is 0 Å². The molecule has 1 aromatic heterocycles. The van der Waals surface area contributed by atoms with Crippen LogP contribution in [0.2, 0.25) is 0 Å². The predicted molar refractivity (Wildman–Crippen MR) is 73.9 cm³/mol. The molecule has 0 saturated carbocycles. The number of hydrogen-bond acceptors (Lipinski definition) is 4. The second-order valence-corrected chi connectivity index (χ2v) is 5.70. The molecule has 2 rings (SSSR count). The fourth-order valence-electron chi connectivity index (χ4n) is 2.21. The van der Waals surface area contributed by atoms with Gasteiger partial charge < -0.3 is 10.2 Å². The van der Waals surface area contributed by atoms with Crippen molar-refractivity contribution in [3.8, 4) is 0 Å². The first-order valence-corrected chi connectivity index (χ1v) is 7.44. The van der Waals surface area contributed by atoms with Crippen LogP contribution in [-0.4, -0.2) is 41.3 Å². The van der Waals surface area contributed by atoms with Crippen LogP contribution < -0.4 is 5.32 Å². The van der Waals surface area contributed by atoms with Gasteiger partial charge in [0.1, 0.15) is 0 Å². The summed E-state index contributed by atoms with van der Waals surface area (Å²) >= 11 is 1.61. The molecule has 0 aromatic carbocycles. The average Bonchev–Trinajstić information content (AvgIpc) is 2.95. The molecular weight excluding hydrogens is 262 g/mol. The Bertz CT molecular complexity index is 472. The van der Waals surface area contributed by atoms with Crippen molar-refractivity contribution in [1.82, 2.24) is 15.2 Å². The number of carbonyl (C=O) groups excluding carboxylic acids is 2. The summed E-state index contributed by atoms with van der Waals surface area (Å²) in [7, 11) is 0. The first-order chi connectivity index (χ1) is 9.10. The van der Waals surface area contributed by atoms with Crippen LogP contribution in [0, 0.1) is 12.8 Å². The molecule has 6 heteroatoms.